The summed E-state index contributed by atoms with van der Waals surface area (Å²) in [7, 11) is 5.27. The molecule has 19 nitrogen and oxygen atoms in total. The molecule has 0 spiro atoms. The number of dihydropyridines is 4. The van der Waals surface area contributed by atoms with E-state index in [1.807, 2.05) is 34.6 Å². The van der Waals surface area contributed by atoms with Crippen molar-refractivity contribution in [3.63, 3.8) is 0 Å². The van der Waals surface area contributed by atoms with E-state index in [4.69, 9.17) is 23.7 Å². The molecule has 4 N–H and O–H groups in total. The fraction of sp³-hybridized carbons (Fsp3) is 0.529. The van der Waals surface area contributed by atoms with E-state index in [0.717, 1.165) is 34.2 Å². The number of carbonyl (C=O) groups excluding carboxylic acids is 8. The number of methoxy groups -OCH3 is 4. The Labute approximate surface area is 412 Å². The third-order valence-electron chi connectivity index (χ3n) is 11.0. The number of carbonyl (C=O) groups is 8. The molecule has 0 unspecified atom stereocenters. The number of hydrogen-bond donors (Lipinski definition) is 4. The maximum absolute atomic E-state index is 11.8. The summed E-state index contributed by atoms with van der Waals surface area (Å²) in [5.41, 5.74) is 10.1. The zero-order chi connectivity index (χ0) is 53.7. The van der Waals surface area contributed by atoms with Crippen molar-refractivity contribution in [2.24, 2.45) is 11.8 Å². The normalized spacial score (nSPS) is 15.7. The molecule has 70 heavy (non-hydrogen) atoms. The van der Waals surface area contributed by atoms with Crippen molar-refractivity contribution in [2.75, 3.05) is 48.3 Å². The van der Waals surface area contributed by atoms with Gasteiger partial charge in [-0.05, 0) is 81.1 Å². The minimum atomic E-state index is -0.432. The van der Waals surface area contributed by atoms with E-state index in [0.29, 0.717) is 82.2 Å². The van der Waals surface area contributed by atoms with Crippen LogP contribution in [0.25, 0.3) is 0 Å². The molecule has 0 aromatic heterocycles. The van der Waals surface area contributed by atoms with Crippen LogP contribution in [0.3, 0.4) is 0 Å². The zero-order valence-electron chi connectivity index (χ0n) is 44.2. The highest BCUT2D eigenvalue weighted by Gasteiger charge is 2.31. The van der Waals surface area contributed by atoms with E-state index in [1.54, 1.807) is 55.4 Å². The lowest BCUT2D eigenvalue weighted by Crippen LogP contribution is -2.29. The smallest absolute Gasteiger partial charge is 0.336 e. The van der Waals surface area contributed by atoms with Gasteiger partial charge in [0.15, 0.2) is 5.78 Å². The highest BCUT2D eigenvalue weighted by Crippen LogP contribution is 2.30. The summed E-state index contributed by atoms with van der Waals surface area (Å²) in [4.78, 5) is 93.2. The first-order chi connectivity index (χ1) is 32.8. The van der Waals surface area contributed by atoms with E-state index in [-0.39, 0.29) is 42.9 Å². The molecule has 0 fully saturated rings. The van der Waals surface area contributed by atoms with Gasteiger partial charge >= 0.3 is 41.8 Å². The summed E-state index contributed by atoms with van der Waals surface area (Å²) in [5, 5.41) is 12.3. The molecule has 4 aliphatic heterocycles. The predicted octanol–water partition coefficient (Wildman–Crippen LogP) is 6.35. The van der Waals surface area contributed by atoms with Crippen LogP contribution in [0, 0.1) is 11.8 Å². The molecule has 0 aliphatic carbocycles. The first kappa shape index (κ1) is 61.1. The average Bonchev–Trinajstić information content (AvgIpc) is 3.31. The van der Waals surface area contributed by atoms with Gasteiger partial charge in [0.1, 0.15) is 0 Å². The van der Waals surface area contributed by atoms with Crippen molar-refractivity contribution in [1.29, 1.82) is 0 Å². The molecule has 4 rings (SSSR count). The van der Waals surface area contributed by atoms with Gasteiger partial charge < -0.3 is 54.4 Å². The van der Waals surface area contributed by atoms with Crippen LogP contribution in [0.5, 0.6) is 0 Å². The quantitative estimate of drug-likeness (QED) is 0.116. The summed E-state index contributed by atoms with van der Waals surface area (Å²) in [5.74, 6) is -2.46. The van der Waals surface area contributed by atoms with Crippen molar-refractivity contribution in [3.05, 3.63) is 90.2 Å². The zero-order valence-corrected chi connectivity index (χ0v) is 44.2. The Kier molecular flexibility index (Phi) is 25.5. The van der Waals surface area contributed by atoms with Crippen LogP contribution >= 0.6 is 0 Å². The minimum absolute atomic E-state index is 0.000462. The molecule has 0 saturated heterocycles. The molecular weight excluding hydrogens is 909 g/mol. The number of nitrogens with one attached hydrogen (secondary N) is 4. The lowest BCUT2D eigenvalue weighted by molar-refractivity contribution is -0.140. The number of esters is 7. The third kappa shape index (κ3) is 16.9. The number of rotatable bonds is 13. The SMILES string of the molecule is CCOC(=O)C1=C(C)NC(C(C)C)=C(C(C)=O)C1.CCOC(=O)C1=C(C)NC(C)=C(C(=O)OCC)C1.COC(=O)C1=C(C)NC(C(C)C)=C(C(=O)OC)C1.COC(=O)C1=C(C)NC(C)=C(C(=O)OC)C1. The number of ketones is 1. The number of allylic oxidation sites excluding steroid dienone is 9. The molecule has 0 aromatic carbocycles. The van der Waals surface area contributed by atoms with Gasteiger partial charge in [-0.25, -0.2) is 33.6 Å². The van der Waals surface area contributed by atoms with Crippen LogP contribution in [-0.2, 0) is 71.5 Å². The number of ether oxygens (including phenoxy) is 7. The van der Waals surface area contributed by atoms with Crippen molar-refractivity contribution >= 4 is 47.6 Å². The first-order valence-corrected chi connectivity index (χ1v) is 22.9. The van der Waals surface area contributed by atoms with Gasteiger partial charge in [0.05, 0.1) is 87.3 Å². The van der Waals surface area contributed by atoms with Crippen molar-refractivity contribution in [2.45, 2.75) is 123 Å². The van der Waals surface area contributed by atoms with E-state index in [1.165, 1.54) is 35.4 Å². The van der Waals surface area contributed by atoms with E-state index in [9.17, 15) is 38.4 Å². The van der Waals surface area contributed by atoms with Crippen LogP contribution < -0.4 is 21.3 Å². The summed E-state index contributed by atoms with van der Waals surface area (Å²) >= 11 is 0. The molecular formula is C51H74N4O15. The Morgan fingerprint density at radius 1 is 0.371 bits per heavy atom. The Hall–Kier alpha value is -6.92. The first-order valence-electron chi connectivity index (χ1n) is 22.9. The van der Waals surface area contributed by atoms with Gasteiger partial charge in [-0.3, -0.25) is 4.79 Å². The highest BCUT2D eigenvalue weighted by atomic mass is 16.5. The molecule has 0 atom stereocenters. The Balaban J connectivity index is 0.000000467. The Morgan fingerprint density at radius 3 is 0.829 bits per heavy atom. The maximum atomic E-state index is 11.8. The maximum Gasteiger partial charge on any atom is 0.336 e. The van der Waals surface area contributed by atoms with E-state index in [2.05, 4.69) is 30.7 Å². The molecule has 0 saturated carbocycles. The Morgan fingerprint density at radius 2 is 0.586 bits per heavy atom. The van der Waals surface area contributed by atoms with Gasteiger partial charge in [0.2, 0.25) is 0 Å². The lowest BCUT2D eigenvalue weighted by Gasteiger charge is -2.26. The second-order valence-electron chi connectivity index (χ2n) is 16.6. The monoisotopic (exact) mass is 983 g/mol. The predicted molar refractivity (Wildman–Crippen MR) is 260 cm³/mol. The van der Waals surface area contributed by atoms with Gasteiger partial charge in [0, 0.05) is 76.8 Å². The average molecular weight is 983 g/mol. The minimum Gasteiger partial charge on any atom is -0.466 e. The van der Waals surface area contributed by atoms with Crippen LogP contribution in [0.1, 0.15) is 123 Å². The topological polar surface area (TPSA) is 249 Å². The van der Waals surface area contributed by atoms with Crippen molar-refractivity contribution in [1.82, 2.24) is 21.3 Å². The molecule has 4 aliphatic rings. The number of Topliss-reactive ketones (excluding diaryl/α,β-unsaturated/α-hetero) is 1. The van der Waals surface area contributed by atoms with Crippen molar-refractivity contribution < 1.29 is 71.5 Å². The molecule has 0 bridgehead atoms. The van der Waals surface area contributed by atoms with Crippen molar-refractivity contribution in [3.8, 4) is 0 Å². The highest BCUT2D eigenvalue weighted by molar-refractivity contribution is 6.00. The second kappa shape index (κ2) is 29.2. The van der Waals surface area contributed by atoms with Gasteiger partial charge in [-0.1, -0.05) is 27.7 Å². The number of hydrogen-bond acceptors (Lipinski definition) is 19. The molecule has 0 aromatic rings. The second-order valence-corrected chi connectivity index (χ2v) is 16.6. The third-order valence-corrected chi connectivity index (χ3v) is 11.0. The van der Waals surface area contributed by atoms with Gasteiger partial charge in [-0.2, -0.15) is 0 Å². The summed E-state index contributed by atoms with van der Waals surface area (Å²) in [6.07, 6.45) is 1.10. The fourth-order valence-corrected chi connectivity index (χ4v) is 7.24. The molecule has 0 radical (unpaired) electrons. The van der Waals surface area contributed by atoms with Crippen LogP contribution in [0.15, 0.2) is 90.2 Å². The standard InChI is InChI=1S/C14H21NO3.2C13H19NO4.C11H15NO4/c1-6-18-14(17)11-7-12(10(5)16)13(8(2)3)15-9(11)4;1-7(2)11-10(13(16)18-5)6-9(8(3)14-11)12(15)17-4;1-5-17-12(15)10-7-11(13(16)18-6-2)9(4)14-8(10)3;1-6-8(10(13)15-3)5-9(7(2)12-6)11(14)16-4/h8,15H,6-7H2,1-5H3;7,14H,6H2,1-5H3;14H,5-7H2,1-4H3;12H,5H2,1-4H3. The molecule has 388 valence electrons. The molecule has 19 heteroatoms. The largest absolute Gasteiger partial charge is 0.466 e. The summed E-state index contributed by atoms with van der Waals surface area (Å²) < 4.78 is 33.7. The summed E-state index contributed by atoms with van der Waals surface area (Å²) in [6.45, 7) is 26.5. The van der Waals surface area contributed by atoms with Gasteiger partial charge in [0.25, 0.3) is 0 Å². The van der Waals surface area contributed by atoms with Gasteiger partial charge in [-0.15, -0.1) is 0 Å². The van der Waals surface area contributed by atoms with Crippen LogP contribution in [-0.4, -0.2) is 95.8 Å². The summed E-state index contributed by atoms with van der Waals surface area (Å²) in [6, 6.07) is 0. The molecule has 4 heterocycles. The Bertz CT molecular complexity index is 2240. The fourth-order valence-electron chi connectivity index (χ4n) is 7.24. The van der Waals surface area contributed by atoms with Crippen LogP contribution in [0.4, 0.5) is 0 Å². The molecule has 0 amide bonds. The van der Waals surface area contributed by atoms with Crippen LogP contribution in [0.2, 0.25) is 0 Å². The van der Waals surface area contributed by atoms with E-state index >= 15 is 0 Å². The van der Waals surface area contributed by atoms with E-state index < -0.39 is 35.8 Å². The lowest BCUT2D eigenvalue weighted by atomic mass is 9.91.